The van der Waals surface area contributed by atoms with Crippen molar-refractivity contribution in [3.05, 3.63) is 29.8 Å². The molecule has 0 saturated heterocycles. The molecule has 1 aromatic carbocycles. The Morgan fingerprint density at radius 2 is 1.68 bits per heavy atom. The zero-order valence-corrected chi connectivity index (χ0v) is 12.5. The topological polar surface area (TPSA) is 41.5 Å². The first-order valence-electron chi connectivity index (χ1n) is 7.08. The average Bonchev–Trinajstić information content (AvgIpc) is 2.36. The first kappa shape index (κ1) is 16.0. The number of anilines is 1. The lowest BCUT2D eigenvalue weighted by molar-refractivity contribution is 0.0318. The molecule has 0 saturated carbocycles. The molecule has 0 fully saturated rings. The molecule has 1 rings (SSSR count). The highest BCUT2D eigenvalue weighted by Crippen LogP contribution is 2.16. The molecule has 0 aliphatic heterocycles. The highest BCUT2D eigenvalue weighted by Gasteiger charge is 2.05. The molecular formula is C16H27NO2. The highest BCUT2D eigenvalue weighted by molar-refractivity contribution is 5.45. The molecule has 0 heterocycles. The molecule has 1 unspecified atom stereocenters. The molecule has 2 N–H and O–H groups in total. The minimum atomic E-state index is -0.469. The molecule has 0 radical (unpaired) electrons. The van der Waals surface area contributed by atoms with Crippen molar-refractivity contribution in [3.63, 3.8) is 0 Å². The number of benzene rings is 1. The average molecular weight is 265 g/mol. The second-order valence-corrected chi connectivity index (χ2v) is 5.74. The van der Waals surface area contributed by atoms with Crippen LogP contribution in [0.4, 0.5) is 5.69 Å². The van der Waals surface area contributed by atoms with Crippen LogP contribution in [0.15, 0.2) is 24.3 Å². The van der Waals surface area contributed by atoms with Crippen LogP contribution in [0, 0.1) is 5.92 Å². The van der Waals surface area contributed by atoms with E-state index in [0.717, 1.165) is 5.69 Å². The third-order valence-electron chi connectivity index (χ3n) is 2.88. The molecular weight excluding hydrogens is 238 g/mol. The fourth-order valence-electron chi connectivity index (χ4n) is 1.72. The van der Waals surface area contributed by atoms with Crippen molar-refractivity contribution in [2.45, 2.75) is 39.7 Å². The predicted octanol–water partition coefficient (Wildman–Crippen LogP) is 3.26. The van der Waals surface area contributed by atoms with Crippen molar-refractivity contribution in [2.24, 2.45) is 5.92 Å². The van der Waals surface area contributed by atoms with E-state index < -0.39 is 6.10 Å². The Hall–Kier alpha value is -1.06. The Bertz CT molecular complexity index is 346. The van der Waals surface area contributed by atoms with E-state index in [0.29, 0.717) is 31.6 Å². The first-order chi connectivity index (χ1) is 8.99. The number of aliphatic hydroxyl groups is 1. The summed E-state index contributed by atoms with van der Waals surface area (Å²) in [5.41, 5.74) is 2.36. The molecule has 0 spiro atoms. The van der Waals surface area contributed by atoms with E-state index in [1.54, 1.807) is 0 Å². The van der Waals surface area contributed by atoms with Gasteiger partial charge in [0, 0.05) is 18.8 Å². The van der Waals surface area contributed by atoms with E-state index in [-0.39, 0.29) is 0 Å². The van der Waals surface area contributed by atoms with Gasteiger partial charge in [0.1, 0.15) is 0 Å². The lowest BCUT2D eigenvalue weighted by atomic mass is 10.0. The fourth-order valence-corrected chi connectivity index (χ4v) is 1.72. The summed E-state index contributed by atoms with van der Waals surface area (Å²) in [4.78, 5) is 0. The van der Waals surface area contributed by atoms with Crippen LogP contribution in [0.1, 0.15) is 39.2 Å². The summed E-state index contributed by atoms with van der Waals surface area (Å²) in [6.07, 6.45) is -0.469. The van der Waals surface area contributed by atoms with Crippen molar-refractivity contribution < 1.29 is 9.84 Å². The zero-order valence-electron chi connectivity index (χ0n) is 12.5. The van der Waals surface area contributed by atoms with Gasteiger partial charge in [-0.3, -0.25) is 0 Å². The summed E-state index contributed by atoms with van der Waals surface area (Å²) in [6.45, 7) is 10.1. The summed E-state index contributed by atoms with van der Waals surface area (Å²) in [5.74, 6) is 1.05. The van der Waals surface area contributed by atoms with Gasteiger partial charge >= 0.3 is 0 Å². The van der Waals surface area contributed by atoms with Crippen molar-refractivity contribution in [2.75, 3.05) is 25.1 Å². The maximum Gasteiger partial charge on any atom is 0.0945 e. The standard InChI is InChI=1S/C16H27NO2/c1-12(2)10-19-11-16(18)9-17-15-7-5-14(6-8-15)13(3)4/h5-8,12-13,16-18H,9-11H2,1-4H3. The van der Waals surface area contributed by atoms with Crippen LogP contribution in [-0.2, 0) is 4.74 Å². The minimum absolute atomic E-state index is 0.384. The van der Waals surface area contributed by atoms with Gasteiger partial charge in [0.2, 0.25) is 0 Å². The molecule has 19 heavy (non-hydrogen) atoms. The SMILES string of the molecule is CC(C)COCC(O)CNc1ccc(C(C)C)cc1. The van der Waals surface area contributed by atoms with Crippen LogP contribution in [0.2, 0.25) is 0 Å². The van der Waals surface area contributed by atoms with E-state index in [4.69, 9.17) is 4.74 Å². The van der Waals surface area contributed by atoms with Gasteiger partial charge in [0.25, 0.3) is 0 Å². The van der Waals surface area contributed by atoms with Gasteiger partial charge < -0.3 is 15.2 Å². The lowest BCUT2D eigenvalue weighted by Crippen LogP contribution is -2.25. The van der Waals surface area contributed by atoms with E-state index in [1.165, 1.54) is 5.56 Å². The van der Waals surface area contributed by atoms with Gasteiger partial charge in [-0.2, -0.15) is 0 Å². The first-order valence-corrected chi connectivity index (χ1v) is 7.08. The smallest absolute Gasteiger partial charge is 0.0945 e. The third-order valence-corrected chi connectivity index (χ3v) is 2.88. The Balaban J connectivity index is 2.27. The number of aliphatic hydroxyl groups excluding tert-OH is 1. The monoisotopic (exact) mass is 265 g/mol. The van der Waals surface area contributed by atoms with Crippen LogP contribution in [0.3, 0.4) is 0 Å². The van der Waals surface area contributed by atoms with Gasteiger partial charge in [-0.05, 0) is 29.5 Å². The fraction of sp³-hybridized carbons (Fsp3) is 0.625. The molecule has 0 aliphatic rings. The van der Waals surface area contributed by atoms with Crippen LogP contribution < -0.4 is 5.32 Å². The second kappa shape index (κ2) is 8.18. The van der Waals surface area contributed by atoms with Crippen LogP contribution in [0.5, 0.6) is 0 Å². The van der Waals surface area contributed by atoms with E-state index in [1.807, 2.05) is 0 Å². The maximum atomic E-state index is 9.78. The Labute approximate surface area is 117 Å². The van der Waals surface area contributed by atoms with Gasteiger partial charge in [-0.1, -0.05) is 39.8 Å². The van der Waals surface area contributed by atoms with Gasteiger partial charge in [0.05, 0.1) is 12.7 Å². The molecule has 0 aliphatic carbocycles. The number of nitrogens with one attached hydrogen (secondary N) is 1. The van der Waals surface area contributed by atoms with Crippen LogP contribution >= 0.6 is 0 Å². The molecule has 0 bridgehead atoms. The molecule has 3 nitrogen and oxygen atoms in total. The van der Waals surface area contributed by atoms with Gasteiger partial charge in [-0.15, -0.1) is 0 Å². The molecule has 0 amide bonds. The van der Waals surface area contributed by atoms with E-state index in [2.05, 4.69) is 57.3 Å². The highest BCUT2D eigenvalue weighted by atomic mass is 16.5. The van der Waals surface area contributed by atoms with Gasteiger partial charge in [0.15, 0.2) is 0 Å². The maximum absolute atomic E-state index is 9.78. The van der Waals surface area contributed by atoms with Crippen LogP contribution in [-0.4, -0.2) is 31.0 Å². The normalized spacial score (nSPS) is 13.0. The number of ether oxygens (including phenoxy) is 1. The quantitative estimate of drug-likeness (QED) is 0.758. The summed E-state index contributed by atoms with van der Waals surface area (Å²) < 4.78 is 5.41. The second-order valence-electron chi connectivity index (χ2n) is 5.74. The Kier molecular flexibility index (Phi) is 6.89. The van der Waals surface area contributed by atoms with E-state index >= 15 is 0 Å². The summed E-state index contributed by atoms with van der Waals surface area (Å²) >= 11 is 0. The Morgan fingerprint density at radius 3 is 2.21 bits per heavy atom. The lowest BCUT2D eigenvalue weighted by Gasteiger charge is -2.14. The largest absolute Gasteiger partial charge is 0.389 e. The number of hydrogen-bond acceptors (Lipinski definition) is 3. The molecule has 108 valence electrons. The minimum Gasteiger partial charge on any atom is -0.389 e. The summed E-state index contributed by atoms with van der Waals surface area (Å²) in [6, 6.07) is 8.34. The zero-order chi connectivity index (χ0) is 14.3. The van der Waals surface area contributed by atoms with Crippen molar-refractivity contribution in [3.8, 4) is 0 Å². The predicted molar refractivity (Wildman–Crippen MR) is 80.7 cm³/mol. The molecule has 1 aromatic rings. The molecule has 1 atom stereocenters. The van der Waals surface area contributed by atoms with Crippen molar-refractivity contribution in [1.29, 1.82) is 0 Å². The van der Waals surface area contributed by atoms with Crippen LogP contribution in [0.25, 0.3) is 0 Å². The van der Waals surface area contributed by atoms with Crippen molar-refractivity contribution >= 4 is 5.69 Å². The number of rotatable bonds is 8. The Morgan fingerprint density at radius 1 is 1.05 bits per heavy atom. The molecule has 3 heteroatoms. The van der Waals surface area contributed by atoms with Gasteiger partial charge in [-0.25, -0.2) is 0 Å². The number of hydrogen-bond donors (Lipinski definition) is 2. The third kappa shape index (κ3) is 6.60. The summed E-state index contributed by atoms with van der Waals surface area (Å²) in [5, 5.41) is 13.0. The van der Waals surface area contributed by atoms with Crippen molar-refractivity contribution in [1.82, 2.24) is 0 Å². The van der Waals surface area contributed by atoms with E-state index in [9.17, 15) is 5.11 Å². The summed E-state index contributed by atoms with van der Waals surface area (Å²) in [7, 11) is 0. The molecule has 0 aromatic heterocycles.